The molecule has 0 saturated heterocycles. The van der Waals surface area contributed by atoms with Crippen molar-refractivity contribution in [2.45, 2.75) is 57.4 Å². The van der Waals surface area contributed by atoms with E-state index in [1.165, 1.54) is 45.1 Å². The van der Waals surface area contributed by atoms with Crippen LogP contribution in [0, 0.1) is 23.2 Å². The first kappa shape index (κ1) is 16.1. The highest BCUT2D eigenvalue weighted by Gasteiger charge is 2.50. The van der Waals surface area contributed by atoms with Gasteiger partial charge in [0.05, 0.1) is 0 Å². The Labute approximate surface area is 134 Å². The van der Waals surface area contributed by atoms with Gasteiger partial charge in [-0.25, -0.2) is 0 Å². The van der Waals surface area contributed by atoms with Gasteiger partial charge in [0, 0.05) is 25.7 Å². The number of nitrogens with one attached hydrogen (secondary N) is 1. The molecule has 0 amide bonds. The maximum absolute atomic E-state index is 6.19. The van der Waals surface area contributed by atoms with Crippen LogP contribution in [-0.2, 0) is 0 Å². The second kappa shape index (κ2) is 6.75. The summed E-state index contributed by atoms with van der Waals surface area (Å²) >= 11 is 0. The van der Waals surface area contributed by atoms with Gasteiger partial charge in [0.2, 0.25) is 0 Å². The quantitative estimate of drug-likeness (QED) is 0.307. The fourth-order valence-electron chi connectivity index (χ4n) is 5.69. The predicted octanol–water partition coefficient (Wildman–Crippen LogP) is 1.17. The minimum absolute atomic E-state index is 0.175. The van der Waals surface area contributed by atoms with Crippen LogP contribution in [0.5, 0.6) is 0 Å². The van der Waals surface area contributed by atoms with Gasteiger partial charge in [-0.3, -0.25) is 4.99 Å². The maximum atomic E-state index is 6.19. The third kappa shape index (κ3) is 3.93. The molecule has 126 valence electrons. The monoisotopic (exact) mass is 307 g/mol. The van der Waals surface area contributed by atoms with E-state index in [1.54, 1.807) is 0 Å². The lowest BCUT2D eigenvalue weighted by molar-refractivity contribution is -0.0513. The second-order valence-electron chi connectivity index (χ2n) is 8.26. The number of hydrogen-bond donors (Lipinski definition) is 4. The van der Waals surface area contributed by atoms with Gasteiger partial charge in [0.25, 0.3) is 0 Å². The van der Waals surface area contributed by atoms with E-state index in [0.29, 0.717) is 12.0 Å². The van der Waals surface area contributed by atoms with E-state index in [9.17, 15) is 0 Å². The molecule has 4 rings (SSSR count). The fraction of sp³-hybridized carbons (Fsp3) is 0.941. The standard InChI is InChI=1S/C17H33N5/c18-15(2-1-3-22-16(19)20)10-21-11-17-7-12-4-13(8-17)6-14(5-12)9-17/h12-15,21H,1-11,18H2,(H4,19,20,22). The molecule has 1 unspecified atom stereocenters. The van der Waals surface area contributed by atoms with E-state index in [-0.39, 0.29) is 12.0 Å². The largest absolute Gasteiger partial charge is 0.370 e. The van der Waals surface area contributed by atoms with Gasteiger partial charge in [-0.1, -0.05) is 0 Å². The van der Waals surface area contributed by atoms with Gasteiger partial charge in [0.15, 0.2) is 5.96 Å². The van der Waals surface area contributed by atoms with Crippen molar-refractivity contribution in [2.24, 2.45) is 45.4 Å². The Morgan fingerprint density at radius 3 is 2.23 bits per heavy atom. The molecule has 0 radical (unpaired) electrons. The van der Waals surface area contributed by atoms with Crippen molar-refractivity contribution in [3.05, 3.63) is 0 Å². The molecule has 4 aliphatic rings. The van der Waals surface area contributed by atoms with Crippen LogP contribution in [0.3, 0.4) is 0 Å². The highest BCUT2D eigenvalue weighted by Crippen LogP contribution is 2.59. The Balaban J connectivity index is 1.35. The van der Waals surface area contributed by atoms with E-state index >= 15 is 0 Å². The van der Waals surface area contributed by atoms with Crippen LogP contribution in [0.4, 0.5) is 0 Å². The van der Waals surface area contributed by atoms with Gasteiger partial charge in [-0.05, 0) is 74.5 Å². The molecule has 0 aromatic carbocycles. The Morgan fingerprint density at radius 1 is 1.09 bits per heavy atom. The molecular formula is C17H33N5. The molecule has 5 heteroatoms. The normalized spacial score (nSPS) is 37.2. The van der Waals surface area contributed by atoms with Crippen molar-refractivity contribution in [2.75, 3.05) is 19.6 Å². The molecule has 0 aromatic rings. The van der Waals surface area contributed by atoms with Crippen molar-refractivity contribution in [1.29, 1.82) is 0 Å². The van der Waals surface area contributed by atoms with E-state index in [1.807, 2.05) is 0 Å². The first-order valence-electron chi connectivity index (χ1n) is 9.06. The Kier molecular flexibility index (Phi) is 4.93. The summed E-state index contributed by atoms with van der Waals surface area (Å²) in [6.07, 6.45) is 10.9. The molecule has 0 heterocycles. The number of nitrogens with two attached hydrogens (primary N) is 3. The summed E-state index contributed by atoms with van der Waals surface area (Å²) in [5.41, 5.74) is 17.4. The number of hydrogen-bond acceptors (Lipinski definition) is 3. The number of aliphatic imine (C=N–C) groups is 1. The third-order valence-corrected chi connectivity index (χ3v) is 6.10. The average Bonchev–Trinajstić information content (AvgIpc) is 2.41. The lowest BCUT2D eigenvalue weighted by Crippen LogP contribution is -2.51. The van der Waals surface area contributed by atoms with Crippen molar-refractivity contribution in [1.82, 2.24) is 5.32 Å². The van der Waals surface area contributed by atoms with Crippen molar-refractivity contribution in [3.63, 3.8) is 0 Å². The van der Waals surface area contributed by atoms with Crippen molar-refractivity contribution in [3.8, 4) is 0 Å². The van der Waals surface area contributed by atoms with Crippen LogP contribution >= 0.6 is 0 Å². The molecule has 4 fully saturated rings. The highest BCUT2D eigenvalue weighted by molar-refractivity contribution is 5.75. The summed E-state index contributed by atoms with van der Waals surface area (Å²) in [5, 5.41) is 3.68. The molecular weight excluding hydrogens is 274 g/mol. The van der Waals surface area contributed by atoms with E-state index in [0.717, 1.165) is 37.1 Å². The molecule has 4 bridgehead atoms. The zero-order valence-electron chi connectivity index (χ0n) is 13.8. The van der Waals surface area contributed by atoms with Gasteiger partial charge >= 0.3 is 0 Å². The first-order chi connectivity index (χ1) is 10.5. The third-order valence-electron chi connectivity index (χ3n) is 6.10. The summed E-state index contributed by atoms with van der Waals surface area (Å²) < 4.78 is 0. The zero-order valence-corrected chi connectivity index (χ0v) is 13.8. The number of nitrogens with zero attached hydrogens (tertiary/aromatic N) is 1. The summed E-state index contributed by atoms with van der Waals surface area (Å²) in [6, 6.07) is 0.211. The zero-order chi connectivity index (χ0) is 15.6. The SMILES string of the molecule is NC(N)=NCCCC(N)CNCC12CC3CC(CC(C3)C1)C2. The minimum atomic E-state index is 0.175. The Morgan fingerprint density at radius 2 is 1.68 bits per heavy atom. The fourth-order valence-corrected chi connectivity index (χ4v) is 5.69. The summed E-state index contributed by atoms with van der Waals surface area (Å²) in [7, 11) is 0. The van der Waals surface area contributed by atoms with Gasteiger partial charge in [-0.15, -0.1) is 0 Å². The average molecular weight is 307 g/mol. The lowest BCUT2D eigenvalue weighted by Gasteiger charge is -2.57. The molecule has 22 heavy (non-hydrogen) atoms. The van der Waals surface area contributed by atoms with Crippen LogP contribution < -0.4 is 22.5 Å². The molecule has 0 spiro atoms. The number of guanidine groups is 1. The number of rotatable bonds is 8. The smallest absolute Gasteiger partial charge is 0.185 e. The first-order valence-corrected chi connectivity index (χ1v) is 9.06. The maximum Gasteiger partial charge on any atom is 0.185 e. The molecule has 4 saturated carbocycles. The van der Waals surface area contributed by atoms with E-state index in [4.69, 9.17) is 17.2 Å². The van der Waals surface area contributed by atoms with Crippen LogP contribution in [0.1, 0.15) is 51.4 Å². The molecule has 0 aromatic heterocycles. The van der Waals surface area contributed by atoms with Crippen molar-refractivity contribution < 1.29 is 0 Å². The van der Waals surface area contributed by atoms with E-state index in [2.05, 4.69) is 10.3 Å². The molecule has 1 atom stereocenters. The lowest BCUT2D eigenvalue weighted by atomic mass is 9.49. The molecule has 0 aliphatic heterocycles. The molecule has 4 aliphatic carbocycles. The second-order valence-corrected chi connectivity index (χ2v) is 8.26. The van der Waals surface area contributed by atoms with Gasteiger partial charge in [0.1, 0.15) is 0 Å². The summed E-state index contributed by atoms with van der Waals surface area (Å²) in [4.78, 5) is 4.00. The molecule has 7 N–H and O–H groups in total. The van der Waals surface area contributed by atoms with Crippen LogP contribution in [0.2, 0.25) is 0 Å². The summed E-state index contributed by atoms with van der Waals surface area (Å²) in [5.74, 6) is 3.26. The van der Waals surface area contributed by atoms with E-state index < -0.39 is 0 Å². The Bertz CT molecular complexity index is 367. The van der Waals surface area contributed by atoms with Gasteiger partial charge < -0.3 is 22.5 Å². The molecule has 5 nitrogen and oxygen atoms in total. The predicted molar refractivity (Wildman–Crippen MR) is 91.4 cm³/mol. The van der Waals surface area contributed by atoms with Crippen LogP contribution in [0.15, 0.2) is 4.99 Å². The Hall–Kier alpha value is -0.810. The van der Waals surface area contributed by atoms with Gasteiger partial charge in [-0.2, -0.15) is 0 Å². The topological polar surface area (TPSA) is 102 Å². The summed E-state index contributed by atoms with van der Waals surface area (Å²) in [6.45, 7) is 2.78. The van der Waals surface area contributed by atoms with Crippen LogP contribution in [0.25, 0.3) is 0 Å². The van der Waals surface area contributed by atoms with Crippen molar-refractivity contribution >= 4 is 5.96 Å². The van der Waals surface area contributed by atoms with Crippen LogP contribution in [-0.4, -0.2) is 31.6 Å². The minimum Gasteiger partial charge on any atom is -0.370 e. The highest BCUT2D eigenvalue weighted by atomic mass is 15.0.